The van der Waals surface area contributed by atoms with Crippen LogP contribution in [0.15, 0.2) is 57.5 Å². The molecule has 15 heavy (non-hydrogen) atoms. The molecule has 0 N–H and O–H groups in total. The summed E-state index contributed by atoms with van der Waals surface area (Å²) in [7, 11) is 0. The molecule has 3 rings (SSSR count). The molecule has 0 aromatic rings. The molecule has 0 unspecified atom stereocenters. The predicted octanol–water partition coefficient (Wildman–Crippen LogP) is 1.60. The molecule has 0 saturated heterocycles. The minimum absolute atomic E-state index is 0.612. The van der Waals surface area contributed by atoms with E-state index in [1.807, 2.05) is 35.3 Å². The molecule has 3 aliphatic rings. The Kier molecular flexibility index (Phi) is 1.51. The Balaban J connectivity index is 2.22. The molecule has 70 valence electrons. The highest BCUT2D eigenvalue weighted by atomic mass is 15.3. The van der Waals surface area contributed by atoms with Gasteiger partial charge in [-0.3, -0.25) is 4.90 Å². The van der Waals surface area contributed by atoms with Gasteiger partial charge < -0.3 is 0 Å². The summed E-state index contributed by atoms with van der Waals surface area (Å²) in [5.41, 5.74) is 2.69. The zero-order chi connectivity index (χ0) is 10.3. The van der Waals surface area contributed by atoms with Gasteiger partial charge in [0.2, 0.25) is 5.96 Å². The maximum Gasteiger partial charge on any atom is 0.235 e. The lowest BCUT2D eigenvalue weighted by Gasteiger charge is -2.31. The highest BCUT2D eigenvalue weighted by Gasteiger charge is 2.24. The van der Waals surface area contributed by atoms with Crippen molar-refractivity contribution in [1.82, 2.24) is 4.90 Å². The molecule has 0 aliphatic carbocycles. The van der Waals surface area contributed by atoms with E-state index < -0.39 is 0 Å². The molecule has 0 amide bonds. The van der Waals surface area contributed by atoms with Gasteiger partial charge in [0.1, 0.15) is 5.70 Å². The van der Waals surface area contributed by atoms with Gasteiger partial charge in [-0.05, 0) is 24.3 Å². The molecule has 3 heteroatoms. The fourth-order valence-corrected chi connectivity index (χ4v) is 1.69. The molecule has 0 bridgehead atoms. The van der Waals surface area contributed by atoms with E-state index in [0.717, 1.165) is 11.4 Å². The number of guanidine groups is 1. The lowest BCUT2D eigenvalue weighted by atomic mass is 10.1. The van der Waals surface area contributed by atoms with Crippen molar-refractivity contribution in [3.63, 3.8) is 0 Å². The summed E-state index contributed by atoms with van der Waals surface area (Å²) < 4.78 is 0. The summed E-state index contributed by atoms with van der Waals surface area (Å²) in [6.07, 6.45) is 16.9. The number of allylic oxidation sites excluding steroid dienone is 6. The zero-order valence-electron chi connectivity index (χ0n) is 7.88. The topological polar surface area (TPSA) is 28.0 Å². The maximum absolute atomic E-state index is 5.34. The molecule has 0 atom stereocenters. The van der Waals surface area contributed by atoms with Crippen LogP contribution in [0.5, 0.6) is 0 Å². The number of terminal acetylenes is 1. The molecule has 0 radical (unpaired) electrons. The lowest BCUT2D eigenvalue weighted by Crippen LogP contribution is -2.32. The molecule has 3 nitrogen and oxygen atoms in total. The number of hydrogen-bond donors (Lipinski definition) is 0. The monoisotopic (exact) mass is 193 g/mol. The third-order valence-electron chi connectivity index (χ3n) is 2.34. The summed E-state index contributed by atoms with van der Waals surface area (Å²) in [6, 6.07) is 0. The first-order valence-electron chi connectivity index (χ1n) is 4.58. The third kappa shape index (κ3) is 1.09. The number of aliphatic imine (C=N–C) groups is 2. The average molecular weight is 193 g/mol. The summed E-state index contributed by atoms with van der Waals surface area (Å²) in [6.45, 7) is 0. The fourth-order valence-electron chi connectivity index (χ4n) is 1.69. The smallest absolute Gasteiger partial charge is 0.235 e. The molecular formula is C12H7N3. The lowest BCUT2D eigenvalue weighted by molar-refractivity contribution is 0.644. The van der Waals surface area contributed by atoms with Crippen LogP contribution in [0.1, 0.15) is 0 Å². The van der Waals surface area contributed by atoms with Gasteiger partial charge in [0.25, 0.3) is 0 Å². The second-order valence-corrected chi connectivity index (χ2v) is 3.24. The van der Waals surface area contributed by atoms with Crippen LogP contribution in [-0.2, 0) is 0 Å². The van der Waals surface area contributed by atoms with Crippen molar-refractivity contribution < 1.29 is 0 Å². The van der Waals surface area contributed by atoms with E-state index >= 15 is 0 Å². The first-order valence-corrected chi connectivity index (χ1v) is 4.58. The van der Waals surface area contributed by atoms with E-state index in [1.165, 1.54) is 0 Å². The van der Waals surface area contributed by atoms with Crippen molar-refractivity contribution in [2.24, 2.45) is 9.98 Å². The normalized spacial score (nSPS) is 20.9. The number of nitrogens with zero attached hydrogens (tertiary/aromatic N) is 3. The number of hydrogen-bond acceptors (Lipinski definition) is 3. The molecule has 0 aromatic carbocycles. The molecule has 0 aromatic heterocycles. The molecule has 0 spiro atoms. The van der Waals surface area contributed by atoms with Crippen LogP contribution in [0.25, 0.3) is 0 Å². The minimum Gasteiger partial charge on any atom is -0.279 e. The first-order chi connectivity index (χ1) is 7.38. The van der Waals surface area contributed by atoms with Gasteiger partial charge in [-0.25, -0.2) is 9.98 Å². The molecule has 0 fully saturated rings. The zero-order valence-corrected chi connectivity index (χ0v) is 7.88. The Morgan fingerprint density at radius 1 is 1.27 bits per heavy atom. The molecular weight excluding hydrogens is 186 g/mol. The van der Waals surface area contributed by atoms with Gasteiger partial charge >= 0.3 is 0 Å². The Morgan fingerprint density at radius 2 is 2.20 bits per heavy atom. The highest BCUT2D eigenvalue weighted by molar-refractivity contribution is 5.99. The summed E-state index contributed by atoms with van der Waals surface area (Å²) in [5, 5.41) is 0. The largest absolute Gasteiger partial charge is 0.279 e. The Morgan fingerprint density at radius 3 is 3.07 bits per heavy atom. The minimum atomic E-state index is 0.612. The second kappa shape index (κ2) is 2.82. The Bertz CT molecular complexity index is 546. The van der Waals surface area contributed by atoms with E-state index in [1.54, 1.807) is 6.21 Å². The van der Waals surface area contributed by atoms with Crippen molar-refractivity contribution >= 4 is 12.2 Å². The van der Waals surface area contributed by atoms with Crippen molar-refractivity contribution in [1.29, 1.82) is 0 Å². The quantitative estimate of drug-likeness (QED) is 0.537. The fraction of sp³-hybridized carbons (Fsp3) is 0. The van der Waals surface area contributed by atoms with Crippen molar-refractivity contribution in [2.75, 3.05) is 0 Å². The van der Waals surface area contributed by atoms with Crippen LogP contribution in [0, 0.1) is 12.3 Å². The van der Waals surface area contributed by atoms with Crippen LogP contribution in [0.4, 0.5) is 0 Å². The van der Waals surface area contributed by atoms with Crippen molar-refractivity contribution in [3.05, 3.63) is 47.5 Å². The van der Waals surface area contributed by atoms with Gasteiger partial charge in [0, 0.05) is 6.21 Å². The van der Waals surface area contributed by atoms with Gasteiger partial charge in [-0.15, -0.1) is 6.42 Å². The standard InChI is InChI=1S/C12H7N3/c1-2-9-8-11-5-3-4-10-6-7-13-12(14-9)15(10)11/h1,3-8H. The van der Waals surface area contributed by atoms with Crippen LogP contribution in [-0.4, -0.2) is 17.1 Å². The molecule has 3 heterocycles. The van der Waals surface area contributed by atoms with E-state index in [9.17, 15) is 0 Å². The van der Waals surface area contributed by atoms with E-state index in [-0.39, 0.29) is 0 Å². The maximum atomic E-state index is 5.34. The molecule has 0 saturated carbocycles. The van der Waals surface area contributed by atoms with E-state index in [2.05, 4.69) is 15.9 Å². The van der Waals surface area contributed by atoms with E-state index in [0.29, 0.717) is 11.7 Å². The summed E-state index contributed by atoms with van der Waals surface area (Å²) in [4.78, 5) is 10.4. The van der Waals surface area contributed by atoms with Crippen LogP contribution >= 0.6 is 0 Å². The van der Waals surface area contributed by atoms with Crippen molar-refractivity contribution in [3.8, 4) is 12.3 Å². The SMILES string of the molecule is C#CC1=CC2=CC=CC3=CC=NC(=N1)N32. The van der Waals surface area contributed by atoms with Gasteiger partial charge in [0.15, 0.2) is 0 Å². The second-order valence-electron chi connectivity index (χ2n) is 3.24. The van der Waals surface area contributed by atoms with Gasteiger partial charge in [-0.2, -0.15) is 0 Å². The highest BCUT2D eigenvalue weighted by Crippen LogP contribution is 2.27. The summed E-state index contributed by atoms with van der Waals surface area (Å²) >= 11 is 0. The average Bonchev–Trinajstić information content (AvgIpc) is 2.29. The Labute approximate surface area is 87.5 Å². The molecule has 3 aliphatic heterocycles. The van der Waals surface area contributed by atoms with Crippen LogP contribution in [0.2, 0.25) is 0 Å². The van der Waals surface area contributed by atoms with Gasteiger partial charge in [0.05, 0.1) is 11.4 Å². The number of rotatable bonds is 0. The van der Waals surface area contributed by atoms with E-state index in [4.69, 9.17) is 6.42 Å². The van der Waals surface area contributed by atoms with Crippen molar-refractivity contribution in [2.45, 2.75) is 0 Å². The third-order valence-corrected chi connectivity index (χ3v) is 2.34. The van der Waals surface area contributed by atoms with Crippen LogP contribution in [0.3, 0.4) is 0 Å². The first kappa shape index (κ1) is 8.01. The summed E-state index contributed by atoms with van der Waals surface area (Å²) in [5.74, 6) is 3.17. The Hall–Kier alpha value is -2.34. The van der Waals surface area contributed by atoms with Crippen LogP contribution < -0.4 is 0 Å². The predicted molar refractivity (Wildman–Crippen MR) is 60.0 cm³/mol. The van der Waals surface area contributed by atoms with Gasteiger partial charge in [-0.1, -0.05) is 12.0 Å².